The maximum absolute atomic E-state index is 5.59. The zero-order valence-corrected chi connectivity index (χ0v) is 20.7. The normalized spacial score (nSPS) is 11.1. The van der Waals surface area contributed by atoms with Gasteiger partial charge in [-0.05, 0) is 16.7 Å². The van der Waals surface area contributed by atoms with Gasteiger partial charge in [-0.2, -0.15) is 0 Å². The van der Waals surface area contributed by atoms with Gasteiger partial charge >= 0.3 is 0 Å². The minimum Gasteiger partial charge on any atom is -0.363 e. The van der Waals surface area contributed by atoms with E-state index in [1.165, 1.54) is 0 Å². The van der Waals surface area contributed by atoms with Gasteiger partial charge in [-0.15, -0.1) is 0 Å². The zero-order chi connectivity index (χ0) is 26.0. The largest absolute Gasteiger partial charge is 0.363 e. The molecule has 39 heavy (non-hydrogen) atoms. The van der Waals surface area contributed by atoms with Crippen LogP contribution in [0.1, 0.15) is 0 Å². The second-order valence-corrected chi connectivity index (χ2v) is 9.06. The quantitative estimate of drug-likeness (QED) is 0.224. The van der Waals surface area contributed by atoms with Crippen molar-refractivity contribution in [1.82, 2.24) is 15.5 Å². The maximum Gasteiger partial charge on any atom is 0.132 e. The molecule has 4 aromatic carbocycles. The van der Waals surface area contributed by atoms with Crippen molar-refractivity contribution in [2.75, 3.05) is 0 Å². The van der Waals surface area contributed by atoms with Crippen LogP contribution >= 0.6 is 0 Å². The second kappa shape index (κ2) is 9.76. The zero-order valence-electron chi connectivity index (χ0n) is 20.7. The molecular weight excluding hydrogens is 486 g/mol. The van der Waals surface area contributed by atoms with Gasteiger partial charge in [0.15, 0.2) is 0 Å². The molecule has 0 atom stereocenters. The standard InChI is InChI=1S/C33H21N3O3/c1-4-11-22(12-5-1)27-19-37-34-31(27)25-17-10-18-26(32-28(20-38-35-32)23-13-6-2-7-14-23)30(25)33-29(21-39-36-33)24-15-8-3-9-16-24/h1-21H. The predicted octanol–water partition coefficient (Wildman–Crippen LogP) is 8.65. The summed E-state index contributed by atoms with van der Waals surface area (Å²) in [5, 5.41) is 13.4. The summed E-state index contributed by atoms with van der Waals surface area (Å²) in [6, 6.07) is 36.2. The number of aromatic nitrogens is 3. The van der Waals surface area contributed by atoms with Crippen LogP contribution in [0.4, 0.5) is 0 Å². The Kier molecular flexibility index (Phi) is 5.68. The number of nitrogens with zero attached hydrogens (tertiary/aromatic N) is 3. The van der Waals surface area contributed by atoms with Crippen molar-refractivity contribution in [3.8, 4) is 67.2 Å². The van der Waals surface area contributed by atoms with E-state index in [0.29, 0.717) is 17.1 Å². The minimum atomic E-state index is 0.677. The van der Waals surface area contributed by atoms with Crippen molar-refractivity contribution in [2.45, 2.75) is 0 Å². The van der Waals surface area contributed by atoms with E-state index in [-0.39, 0.29) is 0 Å². The van der Waals surface area contributed by atoms with Gasteiger partial charge in [-0.25, -0.2) is 0 Å². The number of hydrogen-bond donors (Lipinski definition) is 0. The van der Waals surface area contributed by atoms with Gasteiger partial charge in [0.25, 0.3) is 0 Å². The van der Waals surface area contributed by atoms with E-state index in [0.717, 1.165) is 50.1 Å². The van der Waals surface area contributed by atoms with Crippen molar-refractivity contribution in [2.24, 2.45) is 0 Å². The molecule has 0 spiro atoms. The molecular formula is C33H21N3O3. The van der Waals surface area contributed by atoms with Crippen LogP contribution in [0.3, 0.4) is 0 Å². The van der Waals surface area contributed by atoms with E-state index in [1.54, 1.807) is 18.8 Å². The van der Waals surface area contributed by atoms with Crippen molar-refractivity contribution in [1.29, 1.82) is 0 Å². The van der Waals surface area contributed by atoms with Gasteiger partial charge in [-0.3, -0.25) is 0 Å². The van der Waals surface area contributed by atoms with Gasteiger partial charge in [0.2, 0.25) is 0 Å². The fourth-order valence-corrected chi connectivity index (χ4v) is 4.95. The molecule has 7 aromatic rings. The molecule has 0 unspecified atom stereocenters. The molecule has 6 nitrogen and oxygen atoms in total. The Balaban J connectivity index is 1.52. The summed E-state index contributed by atoms with van der Waals surface area (Å²) in [5.74, 6) is 0. The summed E-state index contributed by atoms with van der Waals surface area (Å²) in [4.78, 5) is 0. The summed E-state index contributed by atoms with van der Waals surface area (Å²) in [7, 11) is 0. The van der Waals surface area contributed by atoms with Crippen molar-refractivity contribution in [3.05, 3.63) is 128 Å². The third-order valence-electron chi connectivity index (χ3n) is 6.77. The lowest BCUT2D eigenvalue weighted by atomic mass is 9.88. The first-order chi connectivity index (χ1) is 19.4. The fraction of sp³-hybridized carbons (Fsp3) is 0. The van der Waals surface area contributed by atoms with Gasteiger partial charge in [-0.1, -0.05) is 125 Å². The van der Waals surface area contributed by atoms with E-state index in [1.807, 2.05) is 109 Å². The van der Waals surface area contributed by atoms with Crippen molar-refractivity contribution in [3.63, 3.8) is 0 Å². The Bertz CT molecular complexity index is 1760. The first kappa shape index (κ1) is 22.7. The van der Waals surface area contributed by atoms with E-state index >= 15 is 0 Å². The monoisotopic (exact) mass is 507 g/mol. The molecule has 0 radical (unpaired) electrons. The van der Waals surface area contributed by atoms with E-state index < -0.39 is 0 Å². The maximum atomic E-state index is 5.59. The topological polar surface area (TPSA) is 78.1 Å². The summed E-state index contributed by atoms with van der Waals surface area (Å²) in [5.41, 5.74) is 10.2. The Labute approximate surface area is 224 Å². The average molecular weight is 508 g/mol. The molecule has 0 bridgehead atoms. The number of hydrogen-bond acceptors (Lipinski definition) is 6. The Hall–Kier alpha value is -5.49. The minimum absolute atomic E-state index is 0.677. The summed E-state index contributed by atoms with van der Waals surface area (Å²) in [6.07, 6.45) is 5.02. The molecule has 7 rings (SSSR count). The molecule has 0 aliphatic rings. The van der Waals surface area contributed by atoms with Crippen LogP contribution in [0.5, 0.6) is 0 Å². The van der Waals surface area contributed by atoms with Crippen LogP contribution in [-0.4, -0.2) is 15.5 Å². The lowest BCUT2D eigenvalue weighted by molar-refractivity contribution is 0.421. The van der Waals surface area contributed by atoms with Crippen LogP contribution in [0.25, 0.3) is 67.2 Å². The van der Waals surface area contributed by atoms with Gasteiger partial charge in [0, 0.05) is 33.4 Å². The molecule has 0 saturated carbocycles. The van der Waals surface area contributed by atoms with Crippen LogP contribution in [-0.2, 0) is 0 Å². The third kappa shape index (κ3) is 4.04. The van der Waals surface area contributed by atoms with Gasteiger partial charge in [0.1, 0.15) is 35.9 Å². The smallest absolute Gasteiger partial charge is 0.132 e. The highest BCUT2D eigenvalue weighted by molar-refractivity contribution is 6.00. The van der Waals surface area contributed by atoms with Crippen LogP contribution in [0.2, 0.25) is 0 Å². The molecule has 0 N–H and O–H groups in total. The summed E-state index contributed by atoms with van der Waals surface area (Å²) in [6.45, 7) is 0. The first-order valence-electron chi connectivity index (χ1n) is 12.5. The lowest BCUT2D eigenvalue weighted by Crippen LogP contribution is -1.95. The molecule has 0 aliphatic heterocycles. The number of rotatable bonds is 6. The van der Waals surface area contributed by atoms with E-state index in [2.05, 4.69) is 15.5 Å². The third-order valence-corrected chi connectivity index (χ3v) is 6.77. The lowest BCUT2D eigenvalue weighted by Gasteiger charge is -2.14. The predicted molar refractivity (Wildman–Crippen MR) is 149 cm³/mol. The van der Waals surface area contributed by atoms with Crippen LogP contribution in [0.15, 0.2) is 142 Å². The van der Waals surface area contributed by atoms with Crippen LogP contribution < -0.4 is 0 Å². The summed E-state index contributed by atoms with van der Waals surface area (Å²) < 4.78 is 16.7. The Morgan fingerprint density at radius 2 is 0.692 bits per heavy atom. The van der Waals surface area contributed by atoms with E-state index in [9.17, 15) is 0 Å². The van der Waals surface area contributed by atoms with Crippen LogP contribution in [0, 0.1) is 0 Å². The highest BCUT2D eigenvalue weighted by Crippen LogP contribution is 2.46. The Morgan fingerprint density at radius 1 is 0.333 bits per heavy atom. The molecule has 0 amide bonds. The SMILES string of the molecule is c1ccc(-c2conc2-c2cccc(-c3nocc3-c3ccccc3)c2-c2nocc2-c2ccccc2)cc1. The molecule has 0 saturated heterocycles. The highest BCUT2D eigenvalue weighted by atomic mass is 16.5. The number of benzene rings is 4. The summed E-state index contributed by atoms with van der Waals surface area (Å²) >= 11 is 0. The second-order valence-electron chi connectivity index (χ2n) is 9.06. The first-order valence-corrected chi connectivity index (χ1v) is 12.5. The molecule has 0 fully saturated rings. The van der Waals surface area contributed by atoms with Gasteiger partial charge < -0.3 is 13.6 Å². The van der Waals surface area contributed by atoms with Crippen molar-refractivity contribution < 1.29 is 13.6 Å². The molecule has 6 heteroatoms. The molecule has 186 valence electrons. The van der Waals surface area contributed by atoms with Crippen molar-refractivity contribution >= 4 is 0 Å². The molecule has 3 aromatic heterocycles. The highest BCUT2D eigenvalue weighted by Gasteiger charge is 2.26. The van der Waals surface area contributed by atoms with E-state index in [4.69, 9.17) is 13.6 Å². The molecule has 3 heterocycles. The molecule has 0 aliphatic carbocycles. The average Bonchev–Trinajstić information content (AvgIpc) is 3.79. The Morgan fingerprint density at radius 3 is 1.10 bits per heavy atom. The fourth-order valence-electron chi connectivity index (χ4n) is 4.95. The van der Waals surface area contributed by atoms with Gasteiger partial charge in [0.05, 0.1) is 0 Å².